The number of carbonyl (C=O) groups excluding carboxylic acids is 2. The Kier molecular flexibility index (Phi) is 11.2. The average Bonchev–Trinajstić information content (AvgIpc) is 3.28. The minimum absolute atomic E-state index is 0.0976. The van der Waals surface area contributed by atoms with Gasteiger partial charge in [-0.25, -0.2) is 0 Å². The van der Waals surface area contributed by atoms with Gasteiger partial charge in [0.1, 0.15) is 23.9 Å². The van der Waals surface area contributed by atoms with Crippen LogP contribution in [0.3, 0.4) is 0 Å². The fraction of sp³-hybridized carbons (Fsp3) is 0.371. The summed E-state index contributed by atoms with van der Waals surface area (Å²) >= 11 is 0. The molecular formula is C35H42N2O5. The van der Waals surface area contributed by atoms with Gasteiger partial charge in [-0.1, -0.05) is 69.7 Å². The van der Waals surface area contributed by atoms with Crippen LogP contribution in [-0.4, -0.2) is 59.4 Å². The van der Waals surface area contributed by atoms with Crippen LogP contribution in [0.4, 0.5) is 0 Å². The molecule has 1 amide bonds. The summed E-state index contributed by atoms with van der Waals surface area (Å²) in [6, 6.07) is 23.6. The summed E-state index contributed by atoms with van der Waals surface area (Å²) in [5, 5.41) is 11.4. The third-order valence-electron chi connectivity index (χ3n) is 7.65. The second kappa shape index (κ2) is 15.2. The number of amides is 1. The van der Waals surface area contributed by atoms with Crippen LogP contribution in [0.2, 0.25) is 0 Å². The van der Waals surface area contributed by atoms with Gasteiger partial charge in [0.15, 0.2) is 0 Å². The Hall–Kier alpha value is -4.10. The number of ether oxygens (including phenoxy) is 2. The van der Waals surface area contributed by atoms with Crippen LogP contribution in [0.1, 0.15) is 62.8 Å². The lowest BCUT2D eigenvalue weighted by Gasteiger charge is -2.27. The van der Waals surface area contributed by atoms with E-state index in [9.17, 15) is 14.7 Å². The summed E-state index contributed by atoms with van der Waals surface area (Å²) in [6.45, 7) is 10.4. The molecule has 0 bridgehead atoms. The molecule has 3 aromatic rings. The number of benzene rings is 3. The quantitative estimate of drug-likeness (QED) is 0.0960. The molecule has 1 saturated heterocycles. The maximum Gasteiger partial charge on any atom is 0.295 e. The highest BCUT2D eigenvalue weighted by Crippen LogP contribution is 2.40. The molecule has 0 unspecified atom stereocenters. The van der Waals surface area contributed by atoms with Gasteiger partial charge in [0.25, 0.3) is 11.7 Å². The number of likely N-dealkylation sites (tertiary alicyclic amines) is 1. The highest BCUT2D eigenvalue weighted by Gasteiger charge is 2.45. The van der Waals surface area contributed by atoms with Crippen LogP contribution in [0.15, 0.2) is 84.4 Å². The second-order valence-electron chi connectivity index (χ2n) is 10.4. The molecule has 1 aliphatic heterocycles. The van der Waals surface area contributed by atoms with Crippen molar-refractivity contribution in [3.63, 3.8) is 0 Å². The monoisotopic (exact) mass is 570 g/mol. The molecule has 0 spiro atoms. The Balaban J connectivity index is 1.62. The summed E-state index contributed by atoms with van der Waals surface area (Å²) in [4.78, 5) is 30.7. The summed E-state index contributed by atoms with van der Waals surface area (Å²) in [7, 11) is 0. The van der Waals surface area contributed by atoms with E-state index in [-0.39, 0.29) is 11.3 Å². The Morgan fingerprint density at radius 3 is 2.12 bits per heavy atom. The third-order valence-corrected chi connectivity index (χ3v) is 7.65. The number of aliphatic hydroxyl groups excluding tert-OH is 1. The van der Waals surface area contributed by atoms with Crippen molar-refractivity contribution in [3.05, 3.63) is 101 Å². The van der Waals surface area contributed by atoms with Crippen molar-refractivity contribution >= 4 is 17.4 Å². The molecule has 1 atom stereocenters. The largest absolute Gasteiger partial charge is 0.507 e. The fourth-order valence-corrected chi connectivity index (χ4v) is 5.15. The molecule has 7 nitrogen and oxygen atoms in total. The molecule has 1 aliphatic rings. The number of aliphatic hydroxyl groups is 1. The third kappa shape index (κ3) is 7.59. The normalized spacial score (nSPS) is 16.3. The number of ketones is 1. The minimum Gasteiger partial charge on any atom is -0.507 e. The molecule has 0 radical (unpaired) electrons. The average molecular weight is 571 g/mol. The minimum atomic E-state index is -0.703. The zero-order valence-electron chi connectivity index (χ0n) is 24.9. The number of hydrogen-bond donors (Lipinski definition) is 1. The van der Waals surface area contributed by atoms with E-state index in [0.717, 1.165) is 43.6 Å². The topological polar surface area (TPSA) is 79.3 Å². The maximum atomic E-state index is 13.4. The van der Waals surface area contributed by atoms with E-state index in [1.165, 1.54) is 0 Å². The standard InChI is InChI=1S/C35H42N2O5/c1-4-7-24-41-29-20-16-28(17-21-29)33(38)31-32(37(35(40)34(31)39)23-11-22-36(5-2)6-3)27-14-18-30(19-15-27)42-25-26-12-9-8-10-13-26/h8-10,12-21,32,38H,4-7,11,22-25H2,1-3H3/t32-/m0/s1. The zero-order valence-corrected chi connectivity index (χ0v) is 24.9. The van der Waals surface area contributed by atoms with Crippen molar-refractivity contribution in [1.29, 1.82) is 0 Å². The lowest BCUT2D eigenvalue weighted by Crippen LogP contribution is -2.33. The van der Waals surface area contributed by atoms with Crippen LogP contribution in [0.5, 0.6) is 11.5 Å². The first-order chi connectivity index (χ1) is 20.5. The van der Waals surface area contributed by atoms with E-state index in [4.69, 9.17) is 9.47 Å². The molecule has 0 aliphatic carbocycles. The predicted molar refractivity (Wildman–Crippen MR) is 165 cm³/mol. The molecular weight excluding hydrogens is 528 g/mol. The van der Waals surface area contributed by atoms with Gasteiger partial charge in [-0.3, -0.25) is 9.59 Å². The van der Waals surface area contributed by atoms with Gasteiger partial charge in [0.05, 0.1) is 18.2 Å². The first kappa shape index (κ1) is 30.8. The van der Waals surface area contributed by atoms with Gasteiger partial charge < -0.3 is 24.4 Å². The summed E-state index contributed by atoms with van der Waals surface area (Å²) in [6.07, 6.45) is 2.71. The second-order valence-corrected chi connectivity index (χ2v) is 10.4. The van der Waals surface area contributed by atoms with Crippen molar-refractivity contribution in [1.82, 2.24) is 9.80 Å². The number of carbonyl (C=O) groups is 2. The summed E-state index contributed by atoms with van der Waals surface area (Å²) in [5.74, 6) is -0.0774. The number of nitrogens with zero attached hydrogens (tertiary/aromatic N) is 2. The van der Waals surface area contributed by atoms with Gasteiger partial charge in [-0.2, -0.15) is 0 Å². The molecule has 222 valence electrons. The Morgan fingerprint density at radius 1 is 0.833 bits per heavy atom. The van der Waals surface area contributed by atoms with Crippen molar-refractivity contribution in [2.24, 2.45) is 0 Å². The van der Waals surface area contributed by atoms with Crippen LogP contribution < -0.4 is 9.47 Å². The maximum absolute atomic E-state index is 13.4. The Morgan fingerprint density at radius 2 is 1.48 bits per heavy atom. The molecule has 4 rings (SSSR count). The number of Topliss-reactive ketones (excluding diaryl/α,β-unsaturated/α-hetero) is 1. The van der Waals surface area contributed by atoms with Crippen molar-refractivity contribution in [3.8, 4) is 11.5 Å². The Bertz CT molecular complexity index is 1330. The lowest BCUT2D eigenvalue weighted by molar-refractivity contribution is -0.140. The SMILES string of the molecule is CCCCOc1ccc(C(O)=C2C(=O)C(=O)N(CCCN(CC)CC)[C@H]2c2ccc(OCc3ccccc3)cc2)cc1. The highest BCUT2D eigenvalue weighted by atomic mass is 16.5. The lowest BCUT2D eigenvalue weighted by atomic mass is 9.95. The highest BCUT2D eigenvalue weighted by molar-refractivity contribution is 6.46. The van der Waals surface area contributed by atoms with E-state index in [2.05, 4.69) is 25.7 Å². The first-order valence-corrected chi connectivity index (χ1v) is 15.0. The van der Waals surface area contributed by atoms with Crippen LogP contribution in [0.25, 0.3) is 5.76 Å². The van der Waals surface area contributed by atoms with Gasteiger partial charge in [0, 0.05) is 12.1 Å². The van der Waals surface area contributed by atoms with Crippen molar-refractivity contribution in [2.75, 3.05) is 32.8 Å². The van der Waals surface area contributed by atoms with Crippen LogP contribution in [-0.2, 0) is 16.2 Å². The van der Waals surface area contributed by atoms with E-state index < -0.39 is 17.7 Å². The summed E-state index contributed by atoms with van der Waals surface area (Å²) in [5.41, 5.74) is 2.36. The molecule has 0 saturated carbocycles. The van der Waals surface area contributed by atoms with Crippen molar-refractivity contribution in [2.45, 2.75) is 52.7 Å². The van der Waals surface area contributed by atoms with Crippen LogP contribution in [0, 0.1) is 0 Å². The summed E-state index contributed by atoms with van der Waals surface area (Å²) < 4.78 is 11.7. The van der Waals surface area contributed by atoms with E-state index in [0.29, 0.717) is 43.2 Å². The predicted octanol–water partition coefficient (Wildman–Crippen LogP) is 6.60. The zero-order chi connectivity index (χ0) is 29.9. The smallest absolute Gasteiger partial charge is 0.295 e. The molecule has 7 heteroatoms. The molecule has 1 fully saturated rings. The van der Waals surface area contributed by atoms with Crippen molar-refractivity contribution < 1.29 is 24.2 Å². The van der Waals surface area contributed by atoms with E-state index in [1.807, 2.05) is 54.6 Å². The van der Waals surface area contributed by atoms with Crippen LogP contribution >= 0.6 is 0 Å². The molecule has 1 heterocycles. The fourth-order valence-electron chi connectivity index (χ4n) is 5.15. The number of unbranched alkanes of at least 4 members (excludes halogenated alkanes) is 1. The molecule has 42 heavy (non-hydrogen) atoms. The number of hydrogen-bond acceptors (Lipinski definition) is 6. The molecule has 3 aromatic carbocycles. The van der Waals surface area contributed by atoms with Gasteiger partial charge >= 0.3 is 0 Å². The van der Waals surface area contributed by atoms with Gasteiger partial charge in [-0.15, -0.1) is 0 Å². The van der Waals surface area contributed by atoms with Gasteiger partial charge in [0.2, 0.25) is 0 Å². The number of rotatable bonds is 15. The Labute approximate surface area is 249 Å². The van der Waals surface area contributed by atoms with E-state index >= 15 is 0 Å². The first-order valence-electron chi connectivity index (χ1n) is 15.0. The molecule has 0 aromatic heterocycles. The van der Waals surface area contributed by atoms with Gasteiger partial charge in [-0.05, 0) is 80.0 Å². The van der Waals surface area contributed by atoms with E-state index in [1.54, 1.807) is 29.2 Å². The molecule has 1 N–H and O–H groups in total.